The van der Waals surface area contributed by atoms with Crippen LogP contribution < -0.4 is 0 Å². The Morgan fingerprint density at radius 1 is 1.36 bits per heavy atom. The molecular weight excluding hydrogens is 150 g/mol. The van der Waals surface area contributed by atoms with Gasteiger partial charge in [0.15, 0.2) is 0 Å². The Kier molecular flexibility index (Phi) is 2.08. The van der Waals surface area contributed by atoms with E-state index in [-0.39, 0.29) is 11.3 Å². The van der Waals surface area contributed by atoms with Crippen LogP contribution in [-0.4, -0.2) is 5.11 Å². The van der Waals surface area contributed by atoms with Gasteiger partial charge in [0.1, 0.15) is 5.75 Å². The van der Waals surface area contributed by atoms with Crippen molar-refractivity contribution in [3.05, 3.63) is 29.3 Å². The zero-order valence-electron chi connectivity index (χ0n) is 6.01. The van der Waals surface area contributed by atoms with Gasteiger partial charge in [0.25, 0.3) is 6.43 Å². The van der Waals surface area contributed by atoms with Crippen molar-refractivity contribution in [2.45, 2.75) is 13.3 Å². The number of phenols is 1. The van der Waals surface area contributed by atoms with Crippen LogP contribution in [0.5, 0.6) is 5.75 Å². The molecule has 0 unspecified atom stereocenters. The molecular formula is C8H8F2O. The van der Waals surface area contributed by atoms with E-state index in [1.807, 2.05) is 0 Å². The van der Waals surface area contributed by atoms with Crippen molar-refractivity contribution in [3.63, 3.8) is 0 Å². The van der Waals surface area contributed by atoms with E-state index in [0.717, 1.165) is 5.56 Å². The number of benzene rings is 1. The summed E-state index contributed by atoms with van der Waals surface area (Å²) < 4.78 is 24.0. The monoisotopic (exact) mass is 158 g/mol. The van der Waals surface area contributed by atoms with Gasteiger partial charge in [-0.3, -0.25) is 0 Å². The van der Waals surface area contributed by atoms with Gasteiger partial charge in [0, 0.05) is 0 Å². The highest BCUT2D eigenvalue weighted by Crippen LogP contribution is 2.28. The molecule has 1 rings (SSSR count). The largest absolute Gasteiger partial charge is 0.507 e. The molecule has 0 radical (unpaired) electrons. The Morgan fingerprint density at radius 3 is 2.45 bits per heavy atom. The molecule has 0 aliphatic rings. The summed E-state index contributed by atoms with van der Waals surface area (Å²) in [5, 5.41) is 8.98. The third kappa shape index (κ3) is 1.67. The van der Waals surface area contributed by atoms with Crippen LogP contribution in [0.25, 0.3) is 0 Å². The normalized spacial score (nSPS) is 10.5. The van der Waals surface area contributed by atoms with E-state index >= 15 is 0 Å². The number of aromatic hydroxyl groups is 1. The fourth-order valence-electron chi connectivity index (χ4n) is 0.838. The first-order valence-electron chi connectivity index (χ1n) is 3.19. The van der Waals surface area contributed by atoms with Gasteiger partial charge in [0.05, 0.1) is 5.56 Å². The molecule has 1 N–H and O–H groups in total. The van der Waals surface area contributed by atoms with E-state index in [9.17, 15) is 8.78 Å². The second kappa shape index (κ2) is 2.86. The second-order valence-corrected chi connectivity index (χ2v) is 2.36. The standard InChI is InChI=1S/C8H8F2O/c1-5-2-3-6(8(9)10)7(11)4-5/h2-4,8,11H,1H3. The van der Waals surface area contributed by atoms with Gasteiger partial charge < -0.3 is 5.11 Å². The molecule has 0 fully saturated rings. The molecule has 1 nitrogen and oxygen atoms in total. The van der Waals surface area contributed by atoms with Crippen LogP contribution in [0.3, 0.4) is 0 Å². The fraction of sp³-hybridized carbons (Fsp3) is 0.250. The van der Waals surface area contributed by atoms with Crippen molar-refractivity contribution in [3.8, 4) is 5.75 Å². The smallest absolute Gasteiger partial charge is 0.267 e. The zero-order chi connectivity index (χ0) is 8.43. The lowest BCUT2D eigenvalue weighted by Gasteiger charge is -2.02. The lowest BCUT2D eigenvalue weighted by molar-refractivity contribution is 0.147. The van der Waals surface area contributed by atoms with Crippen LogP contribution in [0, 0.1) is 6.92 Å². The average Bonchev–Trinajstić information content (AvgIpc) is 1.85. The first-order valence-corrected chi connectivity index (χ1v) is 3.19. The molecule has 11 heavy (non-hydrogen) atoms. The maximum Gasteiger partial charge on any atom is 0.267 e. The summed E-state index contributed by atoms with van der Waals surface area (Å²) in [6.45, 7) is 1.73. The molecule has 0 spiro atoms. The van der Waals surface area contributed by atoms with E-state index in [0.29, 0.717) is 0 Å². The van der Waals surface area contributed by atoms with E-state index in [4.69, 9.17) is 5.11 Å². The molecule has 0 saturated heterocycles. The zero-order valence-corrected chi connectivity index (χ0v) is 6.01. The van der Waals surface area contributed by atoms with Gasteiger partial charge in [-0.25, -0.2) is 8.78 Å². The number of aryl methyl sites for hydroxylation is 1. The number of halogens is 2. The molecule has 1 aromatic rings. The van der Waals surface area contributed by atoms with Gasteiger partial charge in [-0.1, -0.05) is 6.07 Å². The van der Waals surface area contributed by atoms with Gasteiger partial charge in [-0.05, 0) is 24.6 Å². The second-order valence-electron chi connectivity index (χ2n) is 2.36. The summed E-state index contributed by atoms with van der Waals surface area (Å²) in [6, 6.07) is 4.10. The lowest BCUT2D eigenvalue weighted by atomic mass is 10.1. The minimum Gasteiger partial charge on any atom is -0.507 e. The first-order chi connectivity index (χ1) is 5.11. The van der Waals surface area contributed by atoms with Crippen molar-refractivity contribution in [1.29, 1.82) is 0 Å². The fourth-order valence-corrected chi connectivity index (χ4v) is 0.838. The third-order valence-corrected chi connectivity index (χ3v) is 1.42. The minimum atomic E-state index is -2.60. The third-order valence-electron chi connectivity index (χ3n) is 1.42. The highest BCUT2D eigenvalue weighted by molar-refractivity contribution is 5.36. The van der Waals surface area contributed by atoms with E-state index in [2.05, 4.69) is 0 Å². The van der Waals surface area contributed by atoms with Gasteiger partial charge >= 0.3 is 0 Å². The van der Waals surface area contributed by atoms with E-state index < -0.39 is 6.43 Å². The van der Waals surface area contributed by atoms with Crippen molar-refractivity contribution >= 4 is 0 Å². The quantitative estimate of drug-likeness (QED) is 0.666. The summed E-state index contributed by atoms with van der Waals surface area (Å²) in [4.78, 5) is 0. The van der Waals surface area contributed by atoms with Crippen LogP contribution in [0.15, 0.2) is 18.2 Å². The summed E-state index contributed by atoms with van der Waals surface area (Å²) in [5.74, 6) is -0.333. The Bertz CT molecular complexity index is 258. The van der Waals surface area contributed by atoms with Crippen molar-refractivity contribution < 1.29 is 13.9 Å². The highest BCUT2D eigenvalue weighted by Gasteiger charge is 2.11. The summed E-state index contributed by atoms with van der Waals surface area (Å²) in [7, 11) is 0. The van der Waals surface area contributed by atoms with Crippen LogP contribution in [0.2, 0.25) is 0 Å². The molecule has 0 aromatic heterocycles. The Balaban J connectivity index is 3.09. The highest BCUT2D eigenvalue weighted by atomic mass is 19.3. The molecule has 1 aromatic carbocycles. The molecule has 0 aliphatic carbocycles. The molecule has 0 amide bonds. The van der Waals surface area contributed by atoms with Gasteiger partial charge in [-0.15, -0.1) is 0 Å². The number of rotatable bonds is 1. The number of alkyl halides is 2. The van der Waals surface area contributed by atoms with Crippen LogP contribution in [-0.2, 0) is 0 Å². The van der Waals surface area contributed by atoms with Crippen LogP contribution >= 0.6 is 0 Å². The lowest BCUT2D eigenvalue weighted by Crippen LogP contribution is -1.85. The number of hydrogen-bond donors (Lipinski definition) is 1. The van der Waals surface area contributed by atoms with Crippen molar-refractivity contribution in [1.82, 2.24) is 0 Å². The van der Waals surface area contributed by atoms with Crippen molar-refractivity contribution in [2.75, 3.05) is 0 Å². The first kappa shape index (κ1) is 7.98. The van der Waals surface area contributed by atoms with Crippen LogP contribution in [0.1, 0.15) is 17.6 Å². The number of hydrogen-bond acceptors (Lipinski definition) is 1. The van der Waals surface area contributed by atoms with Crippen molar-refractivity contribution in [2.24, 2.45) is 0 Å². The maximum atomic E-state index is 12.0. The molecule has 0 atom stereocenters. The molecule has 0 heterocycles. The summed E-state index contributed by atoms with van der Waals surface area (Å²) >= 11 is 0. The molecule has 0 saturated carbocycles. The summed E-state index contributed by atoms with van der Waals surface area (Å²) in [5.41, 5.74) is 0.461. The minimum absolute atomic E-state index is 0.310. The molecule has 0 bridgehead atoms. The Labute approximate surface area is 63.3 Å². The Hall–Kier alpha value is -1.12. The summed E-state index contributed by atoms with van der Waals surface area (Å²) in [6.07, 6.45) is -2.60. The average molecular weight is 158 g/mol. The topological polar surface area (TPSA) is 20.2 Å². The van der Waals surface area contributed by atoms with Crippen LogP contribution in [0.4, 0.5) is 8.78 Å². The van der Waals surface area contributed by atoms with E-state index in [1.165, 1.54) is 12.1 Å². The SMILES string of the molecule is Cc1ccc(C(F)F)c(O)c1. The molecule has 3 heteroatoms. The molecule has 0 aliphatic heterocycles. The Morgan fingerprint density at radius 2 is 2.00 bits per heavy atom. The van der Waals surface area contributed by atoms with Gasteiger partial charge in [0.2, 0.25) is 0 Å². The maximum absolute atomic E-state index is 12.0. The van der Waals surface area contributed by atoms with E-state index in [1.54, 1.807) is 13.0 Å². The molecule has 60 valence electrons. The predicted molar refractivity (Wildman–Crippen MR) is 37.8 cm³/mol. The number of phenolic OH excluding ortho intramolecular Hbond substituents is 1. The predicted octanol–water partition coefficient (Wildman–Crippen LogP) is 2.64. The van der Waals surface area contributed by atoms with Gasteiger partial charge in [-0.2, -0.15) is 0 Å².